The van der Waals surface area contributed by atoms with Gasteiger partial charge in [0.15, 0.2) is 0 Å². The monoisotopic (exact) mass is 280 g/mol. The maximum atomic E-state index is 12.5. The molecule has 0 aromatic carbocycles. The number of nitrogens with one attached hydrogen (secondary N) is 1. The fraction of sp³-hybridized carbons (Fsp3) is 0.769. The minimum absolute atomic E-state index is 0.0258. The highest BCUT2D eigenvalue weighted by Gasteiger charge is 2.31. The van der Waals surface area contributed by atoms with Gasteiger partial charge in [-0.2, -0.15) is 0 Å². The topological polar surface area (TPSA) is 91.1 Å². The van der Waals surface area contributed by atoms with E-state index in [-0.39, 0.29) is 23.2 Å². The Labute approximate surface area is 119 Å². The van der Waals surface area contributed by atoms with Crippen LogP contribution in [0.25, 0.3) is 0 Å². The predicted molar refractivity (Wildman–Crippen MR) is 76.5 cm³/mol. The van der Waals surface area contributed by atoms with Gasteiger partial charge in [-0.25, -0.2) is 4.98 Å². The Balaban J connectivity index is 2.16. The van der Waals surface area contributed by atoms with E-state index in [9.17, 15) is 4.79 Å². The molecule has 0 spiro atoms. The van der Waals surface area contributed by atoms with Gasteiger partial charge in [-0.3, -0.25) is 9.89 Å². The number of likely N-dealkylation sites (N-methyl/N-ethyl adjacent to an activating group) is 1. The minimum Gasteiger partial charge on any atom is -0.329 e. The highest BCUT2D eigenvalue weighted by Crippen LogP contribution is 2.18. The number of nitrogens with two attached hydrogens (primary N) is 1. The molecule has 1 fully saturated rings. The highest BCUT2D eigenvalue weighted by molar-refractivity contribution is 5.90. The minimum atomic E-state index is -0.152. The number of carbonyl (C=O) groups is 1. The molecule has 1 amide bonds. The van der Waals surface area contributed by atoms with Crippen LogP contribution in [0.15, 0.2) is 0 Å². The molecule has 1 unspecified atom stereocenters. The maximum absolute atomic E-state index is 12.5. The van der Waals surface area contributed by atoms with E-state index in [1.165, 1.54) is 0 Å². The van der Waals surface area contributed by atoms with E-state index >= 15 is 0 Å². The highest BCUT2D eigenvalue weighted by atomic mass is 16.2. The first-order valence-electron chi connectivity index (χ1n) is 6.95. The number of carbonyl (C=O) groups excluding carboxylic acids is 1. The standard InChI is InChI=1S/C13H24N6O/c1-13(2,3)12-15-10(16-17-12)11(20)19-6-5-18(4)8-9(19)7-14/h9H,5-8,14H2,1-4H3,(H,15,16,17). The van der Waals surface area contributed by atoms with Crippen LogP contribution in [0.4, 0.5) is 0 Å². The van der Waals surface area contributed by atoms with Crippen LogP contribution < -0.4 is 5.73 Å². The van der Waals surface area contributed by atoms with Crippen molar-refractivity contribution >= 4 is 5.91 Å². The molecule has 7 heteroatoms. The summed E-state index contributed by atoms with van der Waals surface area (Å²) in [5, 5.41) is 6.92. The van der Waals surface area contributed by atoms with Gasteiger partial charge in [-0.1, -0.05) is 20.8 Å². The summed E-state index contributed by atoms with van der Waals surface area (Å²) < 4.78 is 0. The van der Waals surface area contributed by atoms with Crippen LogP contribution >= 0.6 is 0 Å². The van der Waals surface area contributed by atoms with Crippen molar-refractivity contribution in [2.75, 3.05) is 33.2 Å². The molecule has 1 saturated heterocycles. The van der Waals surface area contributed by atoms with Gasteiger partial charge in [0.25, 0.3) is 5.91 Å². The molecule has 0 aliphatic carbocycles. The quantitative estimate of drug-likeness (QED) is 0.784. The number of piperazine rings is 1. The van der Waals surface area contributed by atoms with Crippen LogP contribution in [-0.4, -0.2) is 70.2 Å². The van der Waals surface area contributed by atoms with Gasteiger partial charge in [0, 0.05) is 31.6 Å². The molecule has 0 radical (unpaired) electrons. The molecule has 1 aromatic heterocycles. The molecular formula is C13H24N6O. The molecule has 0 bridgehead atoms. The number of hydrogen-bond acceptors (Lipinski definition) is 5. The molecular weight excluding hydrogens is 256 g/mol. The van der Waals surface area contributed by atoms with Gasteiger partial charge in [0.05, 0.1) is 6.04 Å². The molecule has 7 nitrogen and oxygen atoms in total. The summed E-state index contributed by atoms with van der Waals surface area (Å²) in [7, 11) is 2.04. The molecule has 0 saturated carbocycles. The first-order chi connectivity index (χ1) is 9.32. The number of H-pyrrole nitrogens is 1. The van der Waals surface area contributed by atoms with Gasteiger partial charge in [0.2, 0.25) is 5.82 Å². The first kappa shape index (κ1) is 14.9. The second-order valence-electron chi connectivity index (χ2n) is 6.41. The number of hydrogen-bond donors (Lipinski definition) is 2. The summed E-state index contributed by atoms with van der Waals surface area (Å²) in [5.41, 5.74) is 5.63. The molecule has 1 aliphatic heterocycles. The molecule has 1 aliphatic rings. The summed E-state index contributed by atoms with van der Waals surface area (Å²) >= 11 is 0. The zero-order valence-electron chi connectivity index (χ0n) is 12.7. The number of amides is 1. The van der Waals surface area contributed by atoms with Crippen molar-refractivity contribution < 1.29 is 4.79 Å². The fourth-order valence-electron chi connectivity index (χ4n) is 2.30. The second kappa shape index (κ2) is 5.49. The van der Waals surface area contributed by atoms with Gasteiger partial charge in [-0.15, -0.1) is 5.10 Å². The number of nitrogens with zero attached hydrogens (tertiary/aromatic N) is 4. The Kier molecular flexibility index (Phi) is 4.10. The summed E-state index contributed by atoms with van der Waals surface area (Å²) in [4.78, 5) is 20.8. The molecule has 3 N–H and O–H groups in total. The van der Waals surface area contributed by atoms with Gasteiger partial charge in [-0.05, 0) is 7.05 Å². The Morgan fingerprint density at radius 2 is 2.15 bits per heavy atom. The SMILES string of the molecule is CN1CCN(C(=O)c2n[nH]c(C(C)(C)C)n2)C(CN)C1. The lowest BCUT2D eigenvalue weighted by Crippen LogP contribution is -2.56. The third-order valence-electron chi connectivity index (χ3n) is 3.61. The first-order valence-corrected chi connectivity index (χ1v) is 6.95. The van der Waals surface area contributed by atoms with E-state index in [4.69, 9.17) is 5.73 Å². The van der Waals surface area contributed by atoms with Gasteiger partial charge in [0.1, 0.15) is 5.82 Å². The summed E-state index contributed by atoms with van der Waals surface area (Å²) in [6.07, 6.45) is 0. The van der Waals surface area contributed by atoms with E-state index < -0.39 is 0 Å². The van der Waals surface area contributed by atoms with E-state index in [2.05, 4.69) is 20.1 Å². The lowest BCUT2D eigenvalue weighted by atomic mass is 9.96. The molecule has 20 heavy (non-hydrogen) atoms. The average molecular weight is 280 g/mol. The summed E-state index contributed by atoms with van der Waals surface area (Å²) in [5.74, 6) is 0.817. The van der Waals surface area contributed by atoms with Crippen molar-refractivity contribution in [1.82, 2.24) is 25.0 Å². The average Bonchev–Trinajstić information content (AvgIpc) is 2.87. The Bertz CT molecular complexity index is 477. The summed E-state index contributed by atoms with van der Waals surface area (Å²) in [6.45, 7) is 8.84. The van der Waals surface area contributed by atoms with E-state index in [0.717, 1.165) is 18.9 Å². The summed E-state index contributed by atoms with van der Waals surface area (Å²) in [6, 6.07) is 0.0258. The van der Waals surface area contributed by atoms with Crippen LogP contribution in [0.2, 0.25) is 0 Å². The zero-order valence-corrected chi connectivity index (χ0v) is 12.7. The van der Waals surface area contributed by atoms with Crippen molar-refractivity contribution in [2.24, 2.45) is 5.73 Å². The van der Waals surface area contributed by atoms with Crippen molar-refractivity contribution in [3.63, 3.8) is 0 Å². The lowest BCUT2D eigenvalue weighted by Gasteiger charge is -2.38. The van der Waals surface area contributed by atoms with Gasteiger partial charge < -0.3 is 15.5 Å². The van der Waals surface area contributed by atoms with Crippen molar-refractivity contribution in [1.29, 1.82) is 0 Å². The van der Waals surface area contributed by atoms with Crippen LogP contribution in [-0.2, 0) is 5.41 Å². The smallest absolute Gasteiger partial charge is 0.293 e. The van der Waals surface area contributed by atoms with E-state index in [1.54, 1.807) is 4.90 Å². The molecule has 1 atom stereocenters. The molecule has 2 heterocycles. The Hall–Kier alpha value is -1.47. The third-order valence-corrected chi connectivity index (χ3v) is 3.61. The van der Waals surface area contributed by atoms with Crippen LogP contribution in [0, 0.1) is 0 Å². The van der Waals surface area contributed by atoms with E-state index in [1.807, 2.05) is 27.8 Å². The van der Waals surface area contributed by atoms with Crippen LogP contribution in [0.5, 0.6) is 0 Å². The predicted octanol–water partition coefficient (Wildman–Crippen LogP) is -0.183. The fourth-order valence-corrected chi connectivity index (χ4v) is 2.30. The van der Waals surface area contributed by atoms with Crippen molar-refractivity contribution in [3.8, 4) is 0 Å². The van der Waals surface area contributed by atoms with Gasteiger partial charge >= 0.3 is 0 Å². The maximum Gasteiger partial charge on any atom is 0.293 e. The number of aromatic nitrogens is 3. The molecule has 2 rings (SSSR count). The van der Waals surface area contributed by atoms with Crippen LogP contribution in [0.1, 0.15) is 37.2 Å². The Morgan fingerprint density at radius 3 is 2.70 bits per heavy atom. The number of aromatic amines is 1. The largest absolute Gasteiger partial charge is 0.329 e. The normalized spacial score (nSPS) is 21.2. The second-order valence-corrected chi connectivity index (χ2v) is 6.41. The third kappa shape index (κ3) is 2.99. The lowest BCUT2D eigenvalue weighted by molar-refractivity contribution is 0.0504. The Morgan fingerprint density at radius 1 is 1.45 bits per heavy atom. The zero-order chi connectivity index (χ0) is 14.9. The van der Waals surface area contributed by atoms with Crippen molar-refractivity contribution in [2.45, 2.75) is 32.2 Å². The molecule has 112 valence electrons. The van der Waals surface area contributed by atoms with Crippen molar-refractivity contribution in [3.05, 3.63) is 11.6 Å². The van der Waals surface area contributed by atoms with Crippen LogP contribution in [0.3, 0.4) is 0 Å². The molecule has 1 aromatic rings. The van der Waals surface area contributed by atoms with E-state index in [0.29, 0.717) is 13.1 Å². The number of rotatable bonds is 2.